The van der Waals surface area contributed by atoms with Gasteiger partial charge >= 0.3 is 5.97 Å². The van der Waals surface area contributed by atoms with E-state index < -0.39 is 27.9 Å². The summed E-state index contributed by atoms with van der Waals surface area (Å²) >= 11 is 0. The molecular formula is C20H24FNO5S. The summed E-state index contributed by atoms with van der Waals surface area (Å²) < 4.78 is 51.0. The molecule has 6 nitrogen and oxygen atoms in total. The van der Waals surface area contributed by atoms with Crippen LogP contribution < -0.4 is 9.46 Å². The van der Waals surface area contributed by atoms with Gasteiger partial charge in [0.25, 0.3) is 0 Å². The molecule has 0 fully saturated rings. The van der Waals surface area contributed by atoms with Crippen LogP contribution in [0.15, 0.2) is 53.4 Å². The van der Waals surface area contributed by atoms with Crippen molar-refractivity contribution in [1.82, 2.24) is 4.72 Å². The first kappa shape index (κ1) is 21.8. The van der Waals surface area contributed by atoms with E-state index in [0.29, 0.717) is 17.9 Å². The van der Waals surface area contributed by atoms with Crippen LogP contribution in [0.25, 0.3) is 0 Å². The molecule has 0 heterocycles. The Bertz CT molecular complexity index is 866. The van der Waals surface area contributed by atoms with Gasteiger partial charge in [0.15, 0.2) is 0 Å². The van der Waals surface area contributed by atoms with Crippen molar-refractivity contribution >= 4 is 16.0 Å². The summed E-state index contributed by atoms with van der Waals surface area (Å²) in [6.45, 7) is 2.61. The summed E-state index contributed by atoms with van der Waals surface area (Å²) in [4.78, 5) is 12.1. The zero-order valence-corrected chi connectivity index (χ0v) is 16.7. The molecule has 0 aliphatic heterocycles. The number of benzene rings is 2. The molecule has 0 radical (unpaired) electrons. The lowest BCUT2D eigenvalue weighted by atomic mass is 10.1. The van der Waals surface area contributed by atoms with E-state index in [2.05, 4.69) is 4.72 Å². The van der Waals surface area contributed by atoms with Crippen LogP contribution in [-0.4, -0.2) is 34.1 Å². The van der Waals surface area contributed by atoms with Crippen LogP contribution in [0.1, 0.15) is 25.3 Å². The Balaban J connectivity index is 2.12. The fourth-order valence-electron chi connectivity index (χ4n) is 2.48. The van der Waals surface area contributed by atoms with Gasteiger partial charge < -0.3 is 9.47 Å². The van der Waals surface area contributed by atoms with Crippen molar-refractivity contribution in [2.75, 3.05) is 13.7 Å². The summed E-state index contributed by atoms with van der Waals surface area (Å²) in [5.41, 5.74) is 0.596. The molecule has 0 saturated heterocycles. The second-order valence-corrected chi connectivity index (χ2v) is 7.92. The van der Waals surface area contributed by atoms with Gasteiger partial charge in [-0.25, -0.2) is 12.8 Å². The minimum absolute atomic E-state index is 0.00310. The number of sulfonamides is 1. The number of hydrogen-bond donors (Lipinski definition) is 1. The van der Waals surface area contributed by atoms with E-state index in [9.17, 15) is 17.6 Å². The van der Waals surface area contributed by atoms with Crippen LogP contribution in [0.4, 0.5) is 4.39 Å². The highest BCUT2D eigenvalue weighted by atomic mass is 32.2. The maximum absolute atomic E-state index is 13.1. The summed E-state index contributed by atoms with van der Waals surface area (Å²) in [5.74, 6) is -0.573. The number of nitrogens with one attached hydrogen (secondary N) is 1. The normalized spacial score (nSPS) is 12.4. The molecule has 0 amide bonds. The van der Waals surface area contributed by atoms with Crippen molar-refractivity contribution in [1.29, 1.82) is 0 Å². The molecule has 1 unspecified atom stereocenters. The SMILES string of the molecule is CCCCOc1ccc(S(=O)(=O)NC(Cc2ccc(F)cc2)C(=O)OC)cc1. The Morgan fingerprint density at radius 2 is 1.75 bits per heavy atom. The smallest absolute Gasteiger partial charge is 0.324 e. The predicted octanol–water partition coefficient (Wildman–Crippen LogP) is 3.07. The molecular weight excluding hydrogens is 385 g/mol. The van der Waals surface area contributed by atoms with Crippen molar-refractivity contribution in [3.8, 4) is 5.75 Å². The van der Waals surface area contributed by atoms with Gasteiger partial charge in [-0.05, 0) is 54.8 Å². The molecule has 0 aliphatic rings. The Morgan fingerprint density at radius 3 is 2.32 bits per heavy atom. The monoisotopic (exact) mass is 409 g/mol. The molecule has 1 N–H and O–H groups in total. The Hall–Kier alpha value is -2.45. The minimum Gasteiger partial charge on any atom is -0.494 e. The van der Waals surface area contributed by atoms with Gasteiger partial charge in [-0.15, -0.1) is 0 Å². The zero-order chi connectivity index (χ0) is 20.6. The number of carbonyl (C=O) groups excluding carboxylic acids is 1. The van der Waals surface area contributed by atoms with Gasteiger partial charge in [-0.3, -0.25) is 4.79 Å². The van der Waals surface area contributed by atoms with Crippen molar-refractivity contribution in [2.45, 2.75) is 37.1 Å². The number of rotatable bonds is 10. The van der Waals surface area contributed by atoms with E-state index in [-0.39, 0.29) is 11.3 Å². The molecule has 0 bridgehead atoms. The molecule has 0 saturated carbocycles. The largest absolute Gasteiger partial charge is 0.494 e. The van der Waals surface area contributed by atoms with Crippen molar-refractivity contribution < 1.29 is 27.1 Å². The van der Waals surface area contributed by atoms with Gasteiger partial charge in [0.2, 0.25) is 10.0 Å². The van der Waals surface area contributed by atoms with Crippen LogP contribution >= 0.6 is 0 Å². The van der Waals surface area contributed by atoms with E-state index >= 15 is 0 Å². The standard InChI is InChI=1S/C20H24FNO5S/c1-3-4-13-27-17-9-11-18(12-10-17)28(24,25)22-19(20(23)26-2)14-15-5-7-16(21)8-6-15/h5-12,19,22H,3-4,13-14H2,1-2H3. The van der Waals surface area contributed by atoms with E-state index in [1.807, 2.05) is 6.92 Å². The maximum atomic E-state index is 13.1. The van der Waals surface area contributed by atoms with E-state index in [1.54, 1.807) is 12.1 Å². The first-order valence-corrected chi connectivity index (χ1v) is 10.4. The number of halogens is 1. The molecule has 28 heavy (non-hydrogen) atoms. The average Bonchev–Trinajstić information content (AvgIpc) is 2.69. The maximum Gasteiger partial charge on any atom is 0.324 e. The van der Waals surface area contributed by atoms with E-state index in [0.717, 1.165) is 12.8 Å². The van der Waals surface area contributed by atoms with Crippen LogP contribution in [-0.2, 0) is 26.0 Å². The summed E-state index contributed by atoms with van der Waals surface area (Å²) in [7, 11) is -2.79. The fourth-order valence-corrected chi connectivity index (χ4v) is 3.66. The van der Waals surface area contributed by atoms with E-state index in [4.69, 9.17) is 9.47 Å². The van der Waals surface area contributed by atoms with Crippen molar-refractivity contribution in [2.24, 2.45) is 0 Å². The van der Waals surface area contributed by atoms with Crippen molar-refractivity contribution in [3.63, 3.8) is 0 Å². The van der Waals surface area contributed by atoms with Gasteiger partial charge in [0, 0.05) is 0 Å². The molecule has 0 aromatic heterocycles. The molecule has 2 aromatic rings. The third-order valence-corrected chi connectivity index (χ3v) is 5.52. The molecule has 0 aliphatic carbocycles. The topological polar surface area (TPSA) is 81.7 Å². The fraction of sp³-hybridized carbons (Fsp3) is 0.350. The van der Waals surface area contributed by atoms with Gasteiger partial charge in [0.05, 0.1) is 18.6 Å². The lowest BCUT2D eigenvalue weighted by molar-refractivity contribution is -0.142. The second kappa shape index (κ2) is 10.2. The lowest BCUT2D eigenvalue weighted by Crippen LogP contribution is -2.42. The number of ether oxygens (including phenoxy) is 2. The van der Waals surface area contributed by atoms with Crippen LogP contribution in [0.3, 0.4) is 0 Å². The van der Waals surface area contributed by atoms with Gasteiger partial charge in [0.1, 0.15) is 17.6 Å². The predicted molar refractivity (Wildman–Crippen MR) is 103 cm³/mol. The Morgan fingerprint density at radius 1 is 1.11 bits per heavy atom. The molecule has 8 heteroatoms. The highest BCUT2D eigenvalue weighted by molar-refractivity contribution is 7.89. The zero-order valence-electron chi connectivity index (χ0n) is 15.9. The molecule has 2 rings (SSSR count). The lowest BCUT2D eigenvalue weighted by Gasteiger charge is -2.17. The Kier molecular flexibility index (Phi) is 7.95. The first-order valence-electron chi connectivity index (χ1n) is 8.93. The van der Waals surface area contributed by atoms with Crippen LogP contribution in [0, 0.1) is 5.82 Å². The number of carbonyl (C=O) groups is 1. The number of esters is 1. The number of methoxy groups -OCH3 is 1. The number of hydrogen-bond acceptors (Lipinski definition) is 5. The highest BCUT2D eigenvalue weighted by Crippen LogP contribution is 2.17. The molecule has 2 aromatic carbocycles. The minimum atomic E-state index is -3.97. The second-order valence-electron chi connectivity index (χ2n) is 6.20. The van der Waals surface area contributed by atoms with Crippen LogP contribution in [0.2, 0.25) is 0 Å². The van der Waals surface area contributed by atoms with Gasteiger partial charge in [-0.1, -0.05) is 25.5 Å². The third kappa shape index (κ3) is 6.31. The average molecular weight is 409 g/mol. The number of unbranched alkanes of at least 4 members (excludes halogenated alkanes) is 1. The van der Waals surface area contributed by atoms with Crippen LogP contribution in [0.5, 0.6) is 5.75 Å². The molecule has 1 atom stereocenters. The quantitative estimate of drug-likeness (QED) is 0.482. The van der Waals surface area contributed by atoms with E-state index in [1.165, 1.54) is 43.5 Å². The third-order valence-electron chi connectivity index (χ3n) is 4.04. The van der Waals surface area contributed by atoms with Gasteiger partial charge in [-0.2, -0.15) is 4.72 Å². The molecule has 0 spiro atoms. The van der Waals surface area contributed by atoms with Crippen molar-refractivity contribution in [3.05, 3.63) is 59.9 Å². The summed E-state index contributed by atoms with van der Waals surface area (Å²) in [5, 5.41) is 0. The first-order chi connectivity index (χ1) is 13.4. The summed E-state index contributed by atoms with van der Waals surface area (Å²) in [6, 6.07) is 10.3. The Labute approximate surface area is 164 Å². The highest BCUT2D eigenvalue weighted by Gasteiger charge is 2.26. The molecule has 152 valence electrons. The summed E-state index contributed by atoms with van der Waals surface area (Å²) in [6.07, 6.45) is 1.94.